The van der Waals surface area contributed by atoms with E-state index >= 15 is 0 Å². The lowest BCUT2D eigenvalue weighted by Gasteiger charge is -2.20. The molecule has 0 aromatic rings. The van der Waals surface area contributed by atoms with Gasteiger partial charge >= 0.3 is 25.7 Å². The maximum atomic E-state index is 12.5. The first-order valence-corrected chi connectivity index (χ1v) is 19.2. The molecule has 2 unspecified atom stereocenters. The Kier molecular flexibility index (Phi) is 30.6. The maximum absolute atomic E-state index is 12.5. The second-order valence-corrected chi connectivity index (χ2v) is 12.8. The first-order chi connectivity index (χ1) is 24.1. The summed E-state index contributed by atoms with van der Waals surface area (Å²) in [6, 6.07) is -1.54. The molecule has 0 saturated heterocycles. The minimum Gasteiger partial charge on any atom is -0.480 e. The van der Waals surface area contributed by atoms with Crippen LogP contribution in [0.3, 0.4) is 0 Å². The second-order valence-electron chi connectivity index (χ2n) is 11.4. The number of allylic oxidation sites excluding steroid dienone is 14. The van der Waals surface area contributed by atoms with Crippen molar-refractivity contribution in [3.63, 3.8) is 0 Å². The van der Waals surface area contributed by atoms with E-state index in [0.717, 1.165) is 19.3 Å². The van der Waals surface area contributed by atoms with Crippen LogP contribution in [0.1, 0.15) is 104 Å². The molecule has 0 fully saturated rings. The second kappa shape index (κ2) is 32.8. The van der Waals surface area contributed by atoms with Crippen molar-refractivity contribution in [1.29, 1.82) is 0 Å². The summed E-state index contributed by atoms with van der Waals surface area (Å²) in [5.74, 6) is -2.58. The summed E-state index contributed by atoms with van der Waals surface area (Å²) in [6.07, 6.45) is 38.4. The Morgan fingerprint density at radius 1 is 0.660 bits per heavy atom. The molecular formula is C38H60NO10P. The number of aliphatic carboxylic acids is 1. The number of carboxylic acid groups (broad SMARTS) is 1. The standard InChI is InChI=1S/C38H60NO10P/c1-3-5-7-9-11-13-15-17-19-21-23-25-27-29-36(40)46-31-34(32-47-50(44,45)48-33-35(39)38(42)43)49-37(41)30-28-26-24-22-20-18-16-14-12-10-8-6-4-2/h5,7,9,11,13,15,17-21,23-24,26,34-35H,3-4,6,8,10,12,14,16,22,25,27-33,39H2,1-2H3,(H,42,43)(H,44,45)/b7-5+,11-9+,15-13+,19-17+,20-18+,23-21+,26-24+/t34?,35-/m0/s1. The van der Waals surface area contributed by atoms with Gasteiger partial charge in [-0.25, -0.2) is 4.57 Å². The highest BCUT2D eigenvalue weighted by molar-refractivity contribution is 7.47. The van der Waals surface area contributed by atoms with E-state index < -0.39 is 57.7 Å². The third-order valence-corrected chi connectivity index (χ3v) is 7.72. The van der Waals surface area contributed by atoms with Crippen molar-refractivity contribution in [2.45, 2.75) is 116 Å². The largest absolute Gasteiger partial charge is 0.480 e. The summed E-state index contributed by atoms with van der Waals surface area (Å²) in [5, 5.41) is 8.84. The van der Waals surface area contributed by atoms with Crippen molar-refractivity contribution in [2.75, 3.05) is 19.8 Å². The quantitative estimate of drug-likeness (QED) is 0.0206. The molecule has 12 heteroatoms. The summed E-state index contributed by atoms with van der Waals surface area (Å²) in [5.41, 5.74) is 5.29. The van der Waals surface area contributed by atoms with E-state index in [9.17, 15) is 23.8 Å². The molecule has 0 bridgehead atoms. The lowest BCUT2D eigenvalue weighted by Crippen LogP contribution is -2.34. The van der Waals surface area contributed by atoms with Gasteiger partial charge in [0.25, 0.3) is 0 Å². The lowest BCUT2D eigenvalue weighted by atomic mass is 10.1. The van der Waals surface area contributed by atoms with Crippen LogP contribution in [-0.4, -0.2) is 59.9 Å². The highest BCUT2D eigenvalue weighted by Gasteiger charge is 2.28. The number of carboxylic acids is 1. The fourth-order valence-electron chi connectivity index (χ4n) is 3.97. The van der Waals surface area contributed by atoms with E-state index in [-0.39, 0.29) is 12.8 Å². The van der Waals surface area contributed by atoms with E-state index in [1.54, 1.807) is 0 Å². The van der Waals surface area contributed by atoms with Gasteiger partial charge in [-0.15, -0.1) is 0 Å². The average molecular weight is 722 g/mol. The smallest absolute Gasteiger partial charge is 0.472 e. The van der Waals surface area contributed by atoms with Gasteiger partial charge in [-0.3, -0.25) is 23.4 Å². The molecule has 0 aromatic carbocycles. The lowest BCUT2D eigenvalue weighted by molar-refractivity contribution is -0.161. The summed E-state index contributed by atoms with van der Waals surface area (Å²) >= 11 is 0. The van der Waals surface area contributed by atoms with Crippen molar-refractivity contribution in [3.8, 4) is 0 Å². The molecule has 0 aromatic heterocycles. The predicted octanol–water partition coefficient (Wildman–Crippen LogP) is 8.38. The molecule has 0 saturated carbocycles. The fraction of sp³-hybridized carbons (Fsp3) is 0.553. The van der Waals surface area contributed by atoms with Crippen LogP contribution in [0.2, 0.25) is 0 Å². The van der Waals surface area contributed by atoms with Crippen molar-refractivity contribution in [2.24, 2.45) is 5.73 Å². The number of carbonyl (C=O) groups is 3. The third kappa shape index (κ3) is 31.9. The van der Waals surface area contributed by atoms with Crippen LogP contribution < -0.4 is 5.73 Å². The Morgan fingerprint density at radius 3 is 1.90 bits per heavy atom. The number of nitrogens with two attached hydrogens (primary N) is 1. The van der Waals surface area contributed by atoms with Crippen molar-refractivity contribution in [3.05, 3.63) is 85.1 Å². The average Bonchev–Trinajstić information content (AvgIpc) is 3.09. The van der Waals surface area contributed by atoms with E-state index in [0.29, 0.717) is 19.3 Å². The topological polar surface area (TPSA) is 172 Å². The number of hydrogen-bond acceptors (Lipinski definition) is 9. The Morgan fingerprint density at radius 2 is 1.24 bits per heavy atom. The van der Waals surface area contributed by atoms with E-state index in [4.69, 9.17) is 24.8 Å². The molecule has 0 radical (unpaired) electrons. The van der Waals surface area contributed by atoms with Crippen LogP contribution in [0.15, 0.2) is 85.1 Å². The molecule has 50 heavy (non-hydrogen) atoms. The highest BCUT2D eigenvalue weighted by Crippen LogP contribution is 2.43. The predicted molar refractivity (Wildman–Crippen MR) is 198 cm³/mol. The molecule has 0 aliphatic carbocycles. The number of ether oxygens (including phenoxy) is 2. The van der Waals surface area contributed by atoms with Gasteiger partial charge in [0, 0.05) is 12.8 Å². The van der Waals surface area contributed by atoms with E-state index in [1.165, 1.54) is 38.5 Å². The molecule has 0 heterocycles. The Labute approximate surface area is 299 Å². The van der Waals surface area contributed by atoms with Crippen LogP contribution in [0, 0.1) is 0 Å². The first kappa shape index (κ1) is 46.7. The van der Waals surface area contributed by atoms with Gasteiger partial charge in [0.15, 0.2) is 6.10 Å². The van der Waals surface area contributed by atoms with Gasteiger partial charge in [0.1, 0.15) is 12.6 Å². The zero-order valence-electron chi connectivity index (χ0n) is 29.9. The third-order valence-electron chi connectivity index (χ3n) is 6.77. The van der Waals surface area contributed by atoms with E-state index in [1.807, 2.05) is 66.8 Å². The summed E-state index contributed by atoms with van der Waals surface area (Å²) < 4.78 is 32.3. The van der Waals surface area contributed by atoms with Gasteiger partial charge in [-0.1, -0.05) is 131 Å². The molecule has 0 rings (SSSR count). The molecule has 0 spiro atoms. The monoisotopic (exact) mass is 721 g/mol. The number of carbonyl (C=O) groups excluding carboxylic acids is 2. The number of phosphoric ester groups is 1. The molecule has 0 amide bonds. The minimum absolute atomic E-state index is 0.0345. The number of rotatable bonds is 31. The highest BCUT2D eigenvalue weighted by atomic mass is 31.2. The number of esters is 2. The number of unbranched alkanes of at least 4 members (excludes halogenated alkanes) is 7. The van der Waals surface area contributed by atoms with Gasteiger partial charge in [-0.05, 0) is 44.9 Å². The summed E-state index contributed by atoms with van der Waals surface area (Å²) in [4.78, 5) is 45.6. The summed E-state index contributed by atoms with van der Waals surface area (Å²) in [7, 11) is -4.74. The van der Waals surface area contributed by atoms with Crippen LogP contribution in [0.4, 0.5) is 0 Å². The Hall–Kier alpha value is -3.34. The van der Waals surface area contributed by atoms with E-state index in [2.05, 4.69) is 36.6 Å². The van der Waals surface area contributed by atoms with Crippen LogP contribution in [-0.2, 0) is 37.5 Å². The van der Waals surface area contributed by atoms with Crippen LogP contribution in [0.5, 0.6) is 0 Å². The number of hydrogen-bond donors (Lipinski definition) is 3. The maximum Gasteiger partial charge on any atom is 0.472 e. The van der Waals surface area contributed by atoms with Gasteiger partial charge in [0.05, 0.1) is 13.2 Å². The van der Waals surface area contributed by atoms with Crippen LogP contribution >= 0.6 is 7.82 Å². The normalized spacial score (nSPS) is 15.0. The first-order valence-electron chi connectivity index (χ1n) is 17.7. The Balaban J connectivity index is 4.72. The van der Waals surface area contributed by atoms with Gasteiger partial charge in [-0.2, -0.15) is 0 Å². The zero-order valence-corrected chi connectivity index (χ0v) is 30.8. The number of phosphoric acid groups is 1. The Bertz CT molecular complexity index is 1170. The van der Waals surface area contributed by atoms with Gasteiger partial charge in [0.2, 0.25) is 0 Å². The summed E-state index contributed by atoms with van der Waals surface area (Å²) in [6.45, 7) is 2.46. The zero-order chi connectivity index (χ0) is 37.1. The molecule has 282 valence electrons. The molecule has 0 aliphatic rings. The van der Waals surface area contributed by atoms with Gasteiger partial charge < -0.3 is 25.2 Å². The molecular weight excluding hydrogens is 661 g/mol. The molecule has 4 N–H and O–H groups in total. The molecule has 3 atom stereocenters. The van der Waals surface area contributed by atoms with Crippen molar-refractivity contribution < 1.29 is 47.5 Å². The molecule has 11 nitrogen and oxygen atoms in total. The SMILES string of the molecule is CC/C=C/C=C/C=C/C=C/C=C/CCCC(=O)OCC(COP(=O)(O)OC[C@H](N)C(=O)O)OC(=O)CC/C=C/C/C=C/CCCCCCCC. The van der Waals surface area contributed by atoms with Crippen molar-refractivity contribution in [1.82, 2.24) is 0 Å². The minimum atomic E-state index is -4.74. The fourth-order valence-corrected chi connectivity index (χ4v) is 4.75. The van der Waals surface area contributed by atoms with Crippen molar-refractivity contribution >= 4 is 25.7 Å². The molecule has 0 aliphatic heterocycles. The van der Waals surface area contributed by atoms with Crippen LogP contribution in [0.25, 0.3) is 0 Å².